The molecule has 0 fully saturated rings. The van der Waals surface area contributed by atoms with E-state index >= 15 is 0 Å². The lowest BCUT2D eigenvalue weighted by molar-refractivity contribution is 0.407. The third-order valence-electron chi connectivity index (χ3n) is 3.59. The van der Waals surface area contributed by atoms with Crippen LogP contribution in [-0.4, -0.2) is 18.9 Å². The number of nitrogens with one attached hydrogen (secondary N) is 1. The van der Waals surface area contributed by atoms with Crippen LogP contribution < -0.4 is 10.1 Å². The van der Waals surface area contributed by atoms with E-state index in [0.29, 0.717) is 5.25 Å². The molecule has 0 amide bonds. The summed E-state index contributed by atoms with van der Waals surface area (Å²) in [6.07, 6.45) is 1.17. The molecule has 0 aliphatic carbocycles. The second-order valence-corrected chi connectivity index (χ2v) is 6.34. The summed E-state index contributed by atoms with van der Waals surface area (Å²) in [4.78, 5) is 1.44. The molecule has 2 aromatic carbocycles. The van der Waals surface area contributed by atoms with Gasteiger partial charge in [-0.2, -0.15) is 0 Å². The van der Waals surface area contributed by atoms with Crippen molar-refractivity contribution < 1.29 is 4.74 Å². The molecule has 0 spiro atoms. The lowest BCUT2D eigenvalue weighted by Crippen LogP contribution is -2.24. The normalized spacial score (nSPS) is 16.9. The number of ether oxygens (including phenoxy) is 1. The summed E-state index contributed by atoms with van der Waals surface area (Å²) in [7, 11) is 1.72. The summed E-state index contributed by atoms with van der Waals surface area (Å²) >= 11 is 1.99. The van der Waals surface area contributed by atoms with E-state index in [1.54, 1.807) is 7.11 Å². The molecule has 3 rings (SSSR count). The lowest BCUT2D eigenvalue weighted by Gasteiger charge is -2.12. The van der Waals surface area contributed by atoms with Crippen LogP contribution in [0.4, 0.5) is 0 Å². The second-order valence-electron chi connectivity index (χ2n) is 4.99. The van der Waals surface area contributed by atoms with E-state index in [2.05, 4.69) is 41.7 Å². The zero-order valence-electron chi connectivity index (χ0n) is 11.6. The number of thioether (sulfide) groups is 1. The van der Waals surface area contributed by atoms with Gasteiger partial charge in [-0.3, -0.25) is 0 Å². The predicted octanol–water partition coefficient (Wildman–Crippen LogP) is 3.50. The Morgan fingerprint density at radius 3 is 2.80 bits per heavy atom. The van der Waals surface area contributed by atoms with Crippen LogP contribution in [0.3, 0.4) is 0 Å². The Kier molecular flexibility index (Phi) is 4.28. The standard InChI is InChI=1S/C17H19NOS/c1-19-16-8-4-2-7-14(16)11-18-12-15-10-13-6-3-5-9-17(13)20-15/h2-9,15,18H,10-12H2,1H3. The van der Waals surface area contributed by atoms with Gasteiger partial charge in [0.05, 0.1) is 7.11 Å². The number of fused-ring (bicyclic) bond motifs is 1. The van der Waals surface area contributed by atoms with Gasteiger partial charge in [-0.05, 0) is 24.1 Å². The van der Waals surface area contributed by atoms with Crippen LogP contribution >= 0.6 is 11.8 Å². The van der Waals surface area contributed by atoms with Gasteiger partial charge in [0.1, 0.15) is 5.75 Å². The highest BCUT2D eigenvalue weighted by Gasteiger charge is 2.21. The molecule has 20 heavy (non-hydrogen) atoms. The highest BCUT2D eigenvalue weighted by molar-refractivity contribution is 8.00. The van der Waals surface area contributed by atoms with E-state index in [4.69, 9.17) is 4.74 Å². The number of hydrogen-bond acceptors (Lipinski definition) is 3. The first-order valence-corrected chi connectivity index (χ1v) is 7.82. The summed E-state index contributed by atoms with van der Waals surface area (Å²) < 4.78 is 5.37. The highest BCUT2D eigenvalue weighted by atomic mass is 32.2. The van der Waals surface area contributed by atoms with Crippen molar-refractivity contribution in [1.82, 2.24) is 5.32 Å². The Labute approximate surface area is 124 Å². The zero-order chi connectivity index (χ0) is 13.8. The van der Waals surface area contributed by atoms with Crippen molar-refractivity contribution in [2.45, 2.75) is 23.1 Å². The Morgan fingerprint density at radius 1 is 1.15 bits per heavy atom. The van der Waals surface area contributed by atoms with Crippen molar-refractivity contribution in [3.8, 4) is 5.75 Å². The van der Waals surface area contributed by atoms with Gasteiger partial charge in [-0.15, -0.1) is 11.8 Å². The van der Waals surface area contributed by atoms with Gasteiger partial charge in [-0.1, -0.05) is 36.4 Å². The molecule has 0 bridgehead atoms. The first-order chi connectivity index (χ1) is 9.86. The van der Waals surface area contributed by atoms with Crippen LogP contribution in [0.2, 0.25) is 0 Å². The van der Waals surface area contributed by atoms with Crippen LogP contribution in [0, 0.1) is 0 Å². The minimum atomic E-state index is 0.641. The summed E-state index contributed by atoms with van der Waals surface area (Å²) in [5.41, 5.74) is 2.71. The maximum absolute atomic E-state index is 5.37. The lowest BCUT2D eigenvalue weighted by atomic mass is 10.1. The van der Waals surface area contributed by atoms with E-state index in [9.17, 15) is 0 Å². The Bertz CT molecular complexity index is 560. The fourth-order valence-corrected chi connectivity index (χ4v) is 3.87. The molecule has 1 atom stereocenters. The van der Waals surface area contributed by atoms with Gasteiger partial charge in [0.2, 0.25) is 0 Å². The molecule has 2 nitrogen and oxygen atoms in total. The van der Waals surface area contributed by atoms with E-state index < -0.39 is 0 Å². The molecule has 104 valence electrons. The molecule has 1 aliphatic heterocycles. The van der Waals surface area contributed by atoms with Gasteiger partial charge in [0.15, 0.2) is 0 Å². The number of benzene rings is 2. The summed E-state index contributed by atoms with van der Waals surface area (Å²) in [5, 5.41) is 4.19. The molecule has 0 saturated carbocycles. The average Bonchev–Trinajstić information content (AvgIpc) is 2.90. The molecule has 0 saturated heterocycles. The first kappa shape index (κ1) is 13.5. The fraction of sp³-hybridized carbons (Fsp3) is 0.294. The molecular weight excluding hydrogens is 266 g/mol. The zero-order valence-corrected chi connectivity index (χ0v) is 12.5. The van der Waals surface area contributed by atoms with Crippen LogP contribution in [0.1, 0.15) is 11.1 Å². The van der Waals surface area contributed by atoms with Crippen molar-refractivity contribution in [1.29, 1.82) is 0 Å². The minimum Gasteiger partial charge on any atom is -0.496 e. The third kappa shape index (κ3) is 3.00. The Morgan fingerprint density at radius 2 is 1.95 bits per heavy atom. The highest BCUT2D eigenvalue weighted by Crippen LogP contribution is 2.36. The maximum Gasteiger partial charge on any atom is 0.123 e. The third-order valence-corrected chi connectivity index (χ3v) is 4.91. The molecule has 1 N–H and O–H groups in total. The Hall–Kier alpha value is -1.45. The van der Waals surface area contributed by atoms with E-state index in [1.165, 1.54) is 22.4 Å². The van der Waals surface area contributed by atoms with Crippen molar-refractivity contribution >= 4 is 11.8 Å². The van der Waals surface area contributed by atoms with E-state index in [-0.39, 0.29) is 0 Å². The summed E-state index contributed by atoms with van der Waals surface area (Å²) in [6, 6.07) is 16.9. The first-order valence-electron chi connectivity index (χ1n) is 6.94. The monoisotopic (exact) mass is 285 g/mol. The second kappa shape index (κ2) is 6.33. The summed E-state index contributed by atoms with van der Waals surface area (Å²) in [6.45, 7) is 1.88. The van der Waals surface area contributed by atoms with E-state index in [0.717, 1.165) is 18.8 Å². The molecule has 2 aromatic rings. The molecule has 3 heteroatoms. The SMILES string of the molecule is COc1ccccc1CNCC1Cc2ccccc2S1. The number of para-hydroxylation sites is 1. The van der Waals surface area contributed by atoms with Gasteiger partial charge < -0.3 is 10.1 Å². The smallest absolute Gasteiger partial charge is 0.123 e. The molecular formula is C17H19NOS. The number of rotatable bonds is 5. The van der Waals surface area contributed by atoms with Gasteiger partial charge in [0, 0.05) is 28.8 Å². The molecule has 0 aromatic heterocycles. The fourth-order valence-electron chi connectivity index (χ4n) is 2.58. The topological polar surface area (TPSA) is 21.3 Å². The van der Waals surface area contributed by atoms with Crippen molar-refractivity contribution in [2.75, 3.05) is 13.7 Å². The molecule has 1 heterocycles. The van der Waals surface area contributed by atoms with Crippen LogP contribution in [-0.2, 0) is 13.0 Å². The van der Waals surface area contributed by atoms with Crippen molar-refractivity contribution in [2.24, 2.45) is 0 Å². The van der Waals surface area contributed by atoms with Crippen molar-refractivity contribution in [3.05, 3.63) is 59.7 Å². The largest absolute Gasteiger partial charge is 0.496 e. The molecule has 1 aliphatic rings. The molecule has 0 radical (unpaired) electrons. The van der Waals surface area contributed by atoms with Gasteiger partial charge >= 0.3 is 0 Å². The quantitative estimate of drug-likeness (QED) is 0.908. The predicted molar refractivity (Wildman–Crippen MR) is 84.5 cm³/mol. The molecule has 1 unspecified atom stereocenters. The Balaban J connectivity index is 1.52. The summed E-state index contributed by atoms with van der Waals surface area (Å²) in [5.74, 6) is 0.961. The van der Waals surface area contributed by atoms with Gasteiger partial charge in [-0.25, -0.2) is 0 Å². The maximum atomic E-state index is 5.37. The van der Waals surface area contributed by atoms with Crippen LogP contribution in [0.5, 0.6) is 5.75 Å². The van der Waals surface area contributed by atoms with Crippen LogP contribution in [0.15, 0.2) is 53.4 Å². The van der Waals surface area contributed by atoms with Gasteiger partial charge in [0.25, 0.3) is 0 Å². The van der Waals surface area contributed by atoms with E-state index in [1.807, 2.05) is 23.9 Å². The van der Waals surface area contributed by atoms with Crippen LogP contribution in [0.25, 0.3) is 0 Å². The average molecular weight is 285 g/mol. The number of hydrogen-bond donors (Lipinski definition) is 1. The van der Waals surface area contributed by atoms with Crippen molar-refractivity contribution in [3.63, 3.8) is 0 Å². The number of methoxy groups -OCH3 is 1. The minimum absolute atomic E-state index is 0.641.